The van der Waals surface area contributed by atoms with E-state index >= 15 is 0 Å². The summed E-state index contributed by atoms with van der Waals surface area (Å²) < 4.78 is 13.2. The molecule has 1 unspecified atom stereocenters. The molecule has 2 N–H and O–H groups in total. The minimum atomic E-state index is -0.557. The van der Waals surface area contributed by atoms with Crippen LogP contribution in [0.15, 0.2) is 48.7 Å². The van der Waals surface area contributed by atoms with E-state index in [0.717, 1.165) is 30.5 Å². The van der Waals surface area contributed by atoms with Crippen LogP contribution >= 0.6 is 0 Å². The topological polar surface area (TPSA) is 62.2 Å². The zero-order valence-corrected chi connectivity index (χ0v) is 14.1. The number of halogens is 1. The summed E-state index contributed by atoms with van der Waals surface area (Å²) in [6, 6.07) is 11.9. The molecule has 3 rings (SSSR count). The van der Waals surface area contributed by atoms with Crippen LogP contribution in [-0.2, 0) is 16.6 Å². The van der Waals surface area contributed by atoms with E-state index in [1.807, 2.05) is 18.2 Å². The molecule has 1 amide bonds. The maximum Gasteiger partial charge on any atom is 0.230 e. The SMILES string of the molecule is O=C(NCC(CO)Cc1ccccn1)C1(c2ccc(F)cc2)CCC1. The van der Waals surface area contributed by atoms with Gasteiger partial charge in [-0.15, -0.1) is 0 Å². The highest BCUT2D eigenvalue weighted by molar-refractivity contribution is 5.89. The Hall–Kier alpha value is -2.27. The fourth-order valence-corrected chi connectivity index (χ4v) is 3.37. The van der Waals surface area contributed by atoms with E-state index in [2.05, 4.69) is 10.3 Å². The van der Waals surface area contributed by atoms with E-state index in [1.165, 1.54) is 12.1 Å². The van der Waals surface area contributed by atoms with Gasteiger partial charge < -0.3 is 10.4 Å². The lowest BCUT2D eigenvalue weighted by molar-refractivity contribution is -0.130. The van der Waals surface area contributed by atoms with E-state index in [4.69, 9.17) is 0 Å². The van der Waals surface area contributed by atoms with Crippen molar-refractivity contribution in [1.82, 2.24) is 10.3 Å². The van der Waals surface area contributed by atoms with Crippen LogP contribution in [0.4, 0.5) is 4.39 Å². The van der Waals surface area contributed by atoms with Crippen molar-refractivity contribution < 1.29 is 14.3 Å². The minimum Gasteiger partial charge on any atom is -0.396 e. The van der Waals surface area contributed by atoms with Gasteiger partial charge in [-0.3, -0.25) is 9.78 Å². The van der Waals surface area contributed by atoms with Gasteiger partial charge in [0, 0.05) is 31.0 Å². The van der Waals surface area contributed by atoms with E-state index in [1.54, 1.807) is 18.3 Å². The second-order valence-electron chi connectivity index (χ2n) is 6.73. The third-order valence-electron chi connectivity index (χ3n) is 5.07. The van der Waals surface area contributed by atoms with E-state index in [9.17, 15) is 14.3 Å². The van der Waals surface area contributed by atoms with Crippen LogP contribution in [0.3, 0.4) is 0 Å². The van der Waals surface area contributed by atoms with Crippen molar-refractivity contribution in [2.45, 2.75) is 31.1 Å². The van der Waals surface area contributed by atoms with Crippen molar-refractivity contribution in [3.8, 4) is 0 Å². The second kappa shape index (κ2) is 7.74. The second-order valence-corrected chi connectivity index (χ2v) is 6.73. The summed E-state index contributed by atoms with van der Waals surface area (Å²) >= 11 is 0. The summed E-state index contributed by atoms with van der Waals surface area (Å²) in [5, 5.41) is 12.6. The molecule has 1 atom stereocenters. The molecule has 5 heteroatoms. The largest absolute Gasteiger partial charge is 0.396 e. The number of benzene rings is 1. The molecule has 0 bridgehead atoms. The highest BCUT2D eigenvalue weighted by atomic mass is 19.1. The third kappa shape index (κ3) is 3.87. The standard InChI is InChI=1S/C20H23FN2O2/c21-17-7-5-16(6-8-17)20(9-3-10-20)19(25)23-13-15(14-24)12-18-4-1-2-11-22-18/h1-2,4-8,11,15,24H,3,9-10,12-14H2,(H,23,25). The van der Waals surface area contributed by atoms with Crippen LogP contribution in [0.25, 0.3) is 0 Å². The quantitative estimate of drug-likeness (QED) is 0.813. The smallest absolute Gasteiger partial charge is 0.230 e. The number of nitrogens with zero attached hydrogens (tertiary/aromatic N) is 1. The average Bonchev–Trinajstić information content (AvgIpc) is 2.60. The van der Waals surface area contributed by atoms with Crippen molar-refractivity contribution in [3.05, 3.63) is 65.7 Å². The molecule has 2 aromatic rings. The molecule has 1 aromatic carbocycles. The Morgan fingerprint density at radius 3 is 2.56 bits per heavy atom. The van der Waals surface area contributed by atoms with Gasteiger partial charge in [-0.1, -0.05) is 24.6 Å². The van der Waals surface area contributed by atoms with Crippen molar-refractivity contribution in [1.29, 1.82) is 0 Å². The van der Waals surface area contributed by atoms with Gasteiger partial charge in [0.05, 0.1) is 5.41 Å². The molecule has 1 fully saturated rings. The zero-order valence-electron chi connectivity index (χ0n) is 14.1. The van der Waals surface area contributed by atoms with E-state index in [-0.39, 0.29) is 24.2 Å². The molecule has 0 radical (unpaired) electrons. The lowest BCUT2D eigenvalue weighted by Gasteiger charge is -2.41. The van der Waals surface area contributed by atoms with Crippen molar-refractivity contribution >= 4 is 5.91 Å². The summed E-state index contributed by atoms with van der Waals surface area (Å²) in [7, 11) is 0. The molecule has 1 aliphatic rings. The van der Waals surface area contributed by atoms with E-state index < -0.39 is 5.41 Å². The molecular formula is C20H23FN2O2. The molecule has 1 heterocycles. The number of rotatable bonds is 7. The molecule has 1 saturated carbocycles. The molecule has 0 saturated heterocycles. The Labute approximate surface area is 147 Å². The number of aliphatic hydroxyl groups is 1. The molecule has 132 valence electrons. The maximum atomic E-state index is 13.2. The van der Waals surface area contributed by atoms with E-state index in [0.29, 0.717) is 13.0 Å². The number of carbonyl (C=O) groups is 1. The molecule has 0 aliphatic heterocycles. The summed E-state index contributed by atoms with van der Waals surface area (Å²) in [6.07, 6.45) is 4.87. The molecule has 4 nitrogen and oxygen atoms in total. The average molecular weight is 342 g/mol. The molecule has 1 aliphatic carbocycles. The third-order valence-corrected chi connectivity index (χ3v) is 5.07. The summed E-state index contributed by atoms with van der Waals surface area (Å²) in [5.74, 6) is -0.414. The number of amides is 1. The molecule has 1 aromatic heterocycles. The van der Waals surface area contributed by atoms with Crippen LogP contribution in [0.5, 0.6) is 0 Å². The monoisotopic (exact) mass is 342 g/mol. The number of hydrogen-bond acceptors (Lipinski definition) is 3. The van der Waals surface area contributed by atoms with Gasteiger partial charge in [0.25, 0.3) is 0 Å². The Morgan fingerprint density at radius 1 is 1.24 bits per heavy atom. The lowest BCUT2D eigenvalue weighted by atomic mass is 9.63. The fraction of sp³-hybridized carbons (Fsp3) is 0.400. The predicted molar refractivity (Wildman–Crippen MR) is 93.5 cm³/mol. The van der Waals surface area contributed by atoms with Gasteiger partial charge in [0.1, 0.15) is 5.82 Å². The Kier molecular flexibility index (Phi) is 5.43. The molecular weight excluding hydrogens is 319 g/mol. The molecule has 0 spiro atoms. The first-order valence-electron chi connectivity index (χ1n) is 8.69. The van der Waals surface area contributed by atoms with Gasteiger partial charge in [-0.05, 0) is 49.1 Å². The van der Waals surface area contributed by atoms with Crippen LogP contribution in [0.1, 0.15) is 30.5 Å². The van der Waals surface area contributed by atoms with Gasteiger partial charge in [0.15, 0.2) is 0 Å². The number of carbonyl (C=O) groups excluding carboxylic acids is 1. The summed E-state index contributed by atoms with van der Waals surface area (Å²) in [6.45, 7) is 0.384. The zero-order chi connectivity index (χ0) is 17.7. The fourth-order valence-electron chi connectivity index (χ4n) is 3.37. The minimum absolute atomic E-state index is 0.0135. The highest BCUT2D eigenvalue weighted by Gasteiger charge is 2.45. The Bertz CT molecular complexity index is 699. The first kappa shape index (κ1) is 17.5. The normalized spacial score (nSPS) is 16.7. The Balaban J connectivity index is 1.63. The van der Waals surface area contributed by atoms with Crippen LogP contribution in [-0.4, -0.2) is 29.1 Å². The van der Waals surface area contributed by atoms with Crippen LogP contribution in [0, 0.1) is 11.7 Å². The van der Waals surface area contributed by atoms with Gasteiger partial charge >= 0.3 is 0 Å². The first-order valence-corrected chi connectivity index (χ1v) is 8.69. The van der Waals surface area contributed by atoms with Gasteiger partial charge in [0.2, 0.25) is 5.91 Å². The van der Waals surface area contributed by atoms with Crippen molar-refractivity contribution in [2.75, 3.05) is 13.2 Å². The van der Waals surface area contributed by atoms with Gasteiger partial charge in [-0.25, -0.2) is 4.39 Å². The van der Waals surface area contributed by atoms with Crippen LogP contribution in [0.2, 0.25) is 0 Å². The Morgan fingerprint density at radius 2 is 2.00 bits per heavy atom. The molecule has 25 heavy (non-hydrogen) atoms. The van der Waals surface area contributed by atoms with Gasteiger partial charge in [-0.2, -0.15) is 0 Å². The summed E-state index contributed by atoms with van der Waals surface area (Å²) in [4.78, 5) is 17.1. The van der Waals surface area contributed by atoms with Crippen molar-refractivity contribution in [2.24, 2.45) is 5.92 Å². The predicted octanol–water partition coefficient (Wildman–Crippen LogP) is 2.61. The summed E-state index contributed by atoms with van der Waals surface area (Å²) in [5.41, 5.74) is 1.20. The highest BCUT2D eigenvalue weighted by Crippen LogP contribution is 2.44. The van der Waals surface area contributed by atoms with Crippen molar-refractivity contribution in [3.63, 3.8) is 0 Å². The maximum absolute atomic E-state index is 13.2. The first-order chi connectivity index (χ1) is 12.1. The lowest BCUT2D eigenvalue weighted by Crippen LogP contribution is -2.50. The van der Waals surface area contributed by atoms with Crippen LogP contribution < -0.4 is 5.32 Å². The number of hydrogen-bond donors (Lipinski definition) is 2. The number of aromatic nitrogens is 1. The number of aliphatic hydroxyl groups excluding tert-OH is 1. The number of pyridine rings is 1. The number of nitrogens with one attached hydrogen (secondary N) is 1.